The highest BCUT2D eigenvalue weighted by atomic mass is 19.4. The number of allylic oxidation sites excluding steroid dienone is 1. The maximum Gasteiger partial charge on any atom is 0.438 e. The lowest BCUT2D eigenvalue weighted by Gasteiger charge is -2.27. The molecule has 0 aliphatic heterocycles. The third-order valence-corrected chi connectivity index (χ3v) is 1.18. The number of alkyl halides is 6. The minimum atomic E-state index is -5.90. The summed E-state index contributed by atoms with van der Waals surface area (Å²) in [6.45, 7) is 2.81. The van der Waals surface area contributed by atoms with Crippen LogP contribution >= 0.6 is 0 Å². The fourth-order valence-corrected chi connectivity index (χ4v) is 0.458. The van der Waals surface area contributed by atoms with Crippen molar-refractivity contribution in [1.82, 2.24) is 0 Å². The van der Waals surface area contributed by atoms with Crippen LogP contribution in [0.4, 0.5) is 26.3 Å². The van der Waals surface area contributed by atoms with E-state index >= 15 is 0 Å². The van der Waals surface area contributed by atoms with Crippen LogP contribution in [0.1, 0.15) is 0 Å². The Morgan fingerprint density at radius 1 is 1.00 bits per heavy atom. The van der Waals surface area contributed by atoms with E-state index in [1.807, 2.05) is 0 Å². The smallest absolute Gasteiger partial charge is 0.363 e. The predicted molar refractivity (Wildman–Crippen MR) is 35.0 cm³/mol. The first-order valence-electron chi connectivity index (χ1n) is 3.05. The summed E-state index contributed by atoms with van der Waals surface area (Å²) in [7, 11) is 0. The molecule has 0 unspecified atom stereocenters. The van der Waals surface area contributed by atoms with Gasteiger partial charge in [0.25, 0.3) is 0 Å². The van der Waals surface area contributed by atoms with Crippen molar-refractivity contribution in [2.24, 2.45) is 0 Å². The van der Waals surface area contributed by atoms with E-state index in [0.717, 1.165) is 0 Å². The minimum absolute atomic E-state index is 0.516. The average Bonchev–Trinajstić information content (AvgIpc) is 1.95. The minimum Gasteiger partial charge on any atom is -0.363 e. The normalized spacial score (nSPS) is 13.1. The first kappa shape index (κ1) is 12.8. The molecule has 1 N–H and O–H groups in total. The van der Waals surface area contributed by atoms with Crippen molar-refractivity contribution >= 4 is 0 Å². The number of hydrogen-bond donors (Lipinski definition) is 1. The van der Waals surface area contributed by atoms with Crippen LogP contribution in [0.3, 0.4) is 0 Å². The van der Waals surface area contributed by atoms with Crippen LogP contribution in [0.2, 0.25) is 0 Å². The molecule has 0 spiro atoms. The monoisotopic (exact) mass is 218 g/mol. The first-order chi connectivity index (χ1) is 6.06. The molecule has 0 aromatic carbocycles. The Balaban J connectivity index is 5.40. The summed E-state index contributed by atoms with van der Waals surface area (Å²) in [5.74, 6) is 1.99. The molecule has 0 amide bonds. The van der Waals surface area contributed by atoms with E-state index in [0.29, 0.717) is 12.0 Å². The lowest BCUT2D eigenvalue weighted by atomic mass is 10.0. The van der Waals surface area contributed by atoms with E-state index in [1.165, 1.54) is 5.92 Å². The first-order valence-corrected chi connectivity index (χ1v) is 3.05. The van der Waals surface area contributed by atoms with Gasteiger partial charge in [-0.15, -0.1) is 0 Å². The molecule has 0 atom stereocenters. The van der Waals surface area contributed by atoms with Crippen LogP contribution in [0.25, 0.3) is 0 Å². The molecule has 0 aliphatic rings. The summed E-state index contributed by atoms with van der Waals surface area (Å²) in [6, 6.07) is 0. The molecule has 80 valence electrons. The van der Waals surface area contributed by atoms with Crippen LogP contribution in [-0.4, -0.2) is 23.1 Å². The third-order valence-electron chi connectivity index (χ3n) is 1.18. The van der Waals surface area contributed by atoms with Gasteiger partial charge in [-0.05, 0) is 12.0 Å². The van der Waals surface area contributed by atoms with Gasteiger partial charge in [0.05, 0.1) is 0 Å². The molecule has 0 rings (SSSR count). The second kappa shape index (κ2) is 3.53. The quantitative estimate of drug-likeness (QED) is 0.487. The standard InChI is InChI=1S/C7H4F6O/c1-2-3-4-5(14,6(8,9)10)7(11,12)13/h2,14H,1H2. The molecule has 0 aliphatic carbocycles. The second-order valence-electron chi connectivity index (χ2n) is 2.18. The fraction of sp³-hybridized carbons (Fsp3) is 0.429. The van der Waals surface area contributed by atoms with Crippen molar-refractivity contribution in [3.8, 4) is 11.8 Å². The third kappa shape index (κ3) is 2.20. The highest BCUT2D eigenvalue weighted by Gasteiger charge is 2.70. The Kier molecular flexibility index (Phi) is 3.24. The van der Waals surface area contributed by atoms with Gasteiger partial charge in [0, 0.05) is 0 Å². The van der Waals surface area contributed by atoms with Crippen molar-refractivity contribution in [3.63, 3.8) is 0 Å². The molecule has 0 bridgehead atoms. The summed E-state index contributed by atoms with van der Waals surface area (Å²) >= 11 is 0. The van der Waals surface area contributed by atoms with Gasteiger partial charge < -0.3 is 5.11 Å². The number of halogens is 6. The summed E-state index contributed by atoms with van der Waals surface area (Å²) in [4.78, 5) is 0. The van der Waals surface area contributed by atoms with Crippen LogP contribution in [0.15, 0.2) is 12.7 Å². The maximum atomic E-state index is 11.8. The van der Waals surface area contributed by atoms with Gasteiger partial charge in [-0.2, -0.15) is 26.3 Å². The summed E-state index contributed by atoms with van der Waals surface area (Å²) in [5.41, 5.74) is -5.01. The van der Waals surface area contributed by atoms with Crippen molar-refractivity contribution in [2.45, 2.75) is 18.0 Å². The van der Waals surface area contributed by atoms with Gasteiger partial charge in [0.15, 0.2) is 0 Å². The summed E-state index contributed by atoms with van der Waals surface area (Å²) < 4.78 is 70.9. The molecule has 0 saturated heterocycles. The van der Waals surface area contributed by atoms with Crippen molar-refractivity contribution < 1.29 is 31.4 Å². The van der Waals surface area contributed by atoms with Crippen LogP contribution < -0.4 is 0 Å². The largest absolute Gasteiger partial charge is 0.438 e. The van der Waals surface area contributed by atoms with E-state index < -0.39 is 18.0 Å². The highest BCUT2D eigenvalue weighted by molar-refractivity contribution is 5.25. The molecular weight excluding hydrogens is 214 g/mol. The lowest BCUT2D eigenvalue weighted by molar-refractivity contribution is -0.343. The molecule has 1 nitrogen and oxygen atoms in total. The topological polar surface area (TPSA) is 20.2 Å². The molecule has 0 heterocycles. The van der Waals surface area contributed by atoms with Gasteiger partial charge in [-0.1, -0.05) is 12.5 Å². The zero-order chi connectivity index (χ0) is 11.6. The second-order valence-corrected chi connectivity index (χ2v) is 2.18. The van der Waals surface area contributed by atoms with E-state index in [9.17, 15) is 26.3 Å². The Hall–Kier alpha value is -1.16. The van der Waals surface area contributed by atoms with Crippen molar-refractivity contribution in [1.29, 1.82) is 0 Å². The molecule has 0 fully saturated rings. The lowest BCUT2D eigenvalue weighted by Crippen LogP contribution is -2.55. The van der Waals surface area contributed by atoms with Crippen LogP contribution in [0.5, 0.6) is 0 Å². The van der Waals surface area contributed by atoms with E-state index in [1.54, 1.807) is 0 Å². The molecule has 0 aromatic heterocycles. The van der Waals surface area contributed by atoms with Crippen LogP contribution in [0, 0.1) is 11.8 Å². The maximum absolute atomic E-state index is 11.8. The van der Waals surface area contributed by atoms with Crippen molar-refractivity contribution in [3.05, 3.63) is 12.7 Å². The Bertz CT molecular complexity index is 261. The van der Waals surface area contributed by atoms with E-state index in [-0.39, 0.29) is 0 Å². The van der Waals surface area contributed by atoms with Gasteiger partial charge in [0.2, 0.25) is 0 Å². The SMILES string of the molecule is C=CC#CC(O)(C(F)(F)F)C(F)(F)F. The molecule has 14 heavy (non-hydrogen) atoms. The molecule has 7 heteroatoms. The zero-order valence-corrected chi connectivity index (χ0v) is 6.50. The Morgan fingerprint density at radius 2 is 1.36 bits per heavy atom. The Labute approximate surface area is 75.0 Å². The predicted octanol–water partition coefficient (Wildman–Crippen LogP) is 2.03. The zero-order valence-electron chi connectivity index (χ0n) is 6.50. The Morgan fingerprint density at radius 3 is 1.57 bits per heavy atom. The van der Waals surface area contributed by atoms with E-state index in [2.05, 4.69) is 6.58 Å². The average molecular weight is 218 g/mol. The number of aliphatic hydroxyl groups is 1. The molecular formula is C7H4F6O. The van der Waals surface area contributed by atoms with Gasteiger partial charge in [0.1, 0.15) is 0 Å². The van der Waals surface area contributed by atoms with E-state index in [4.69, 9.17) is 5.11 Å². The van der Waals surface area contributed by atoms with Gasteiger partial charge in [-0.3, -0.25) is 0 Å². The molecule has 0 radical (unpaired) electrons. The van der Waals surface area contributed by atoms with Gasteiger partial charge >= 0.3 is 18.0 Å². The van der Waals surface area contributed by atoms with Crippen molar-refractivity contribution in [2.75, 3.05) is 0 Å². The van der Waals surface area contributed by atoms with Gasteiger partial charge in [-0.25, -0.2) is 0 Å². The van der Waals surface area contributed by atoms with Crippen LogP contribution in [-0.2, 0) is 0 Å². The molecule has 0 aromatic rings. The fourth-order valence-electron chi connectivity index (χ4n) is 0.458. The number of hydrogen-bond acceptors (Lipinski definition) is 1. The molecule has 0 saturated carbocycles. The summed E-state index contributed by atoms with van der Waals surface area (Å²) in [6.07, 6.45) is -11.3. The highest BCUT2D eigenvalue weighted by Crippen LogP contribution is 2.42. The summed E-state index contributed by atoms with van der Waals surface area (Å²) in [5, 5.41) is 8.34. The number of rotatable bonds is 0.